The first-order valence-corrected chi connectivity index (χ1v) is 4.59. The van der Waals surface area contributed by atoms with Gasteiger partial charge in [0.15, 0.2) is 5.11 Å². The van der Waals surface area contributed by atoms with Gasteiger partial charge in [0, 0.05) is 19.7 Å². The van der Waals surface area contributed by atoms with E-state index >= 15 is 0 Å². The highest BCUT2D eigenvalue weighted by Crippen LogP contribution is 2.07. The molecule has 13 heavy (non-hydrogen) atoms. The van der Waals surface area contributed by atoms with E-state index in [2.05, 4.69) is 15.7 Å². The Balaban J connectivity index is 2.63. The van der Waals surface area contributed by atoms with Gasteiger partial charge in [-0.15, -0.1) is 0 Å². The predicted octanol–water partition coefficient (Wildman–Crippen LogP) is 1.03. The van der Waals surface area contributed by atoms with E-state index in [0.717, 1.165) is 18.1 Å². The average Bonchev–Trinajstić information content (AvgIpc) is 2.30. The maximum Gasteiger partial charge on any atom is 0.171 e. The van der Waals surface area contributed by atoms with Crippen molar-refractivity contribution < 1.29 is 0 Å². The van der Waals surface area contributed by atoms with E-state index in [1.165, 1.54) is 0 Å². The van der Waals surface area contributed by atoms with Gasteiger partial charge in [0.2, 0.25) is 0 Å². The summed E-state index contributed by atoms with van der Waals surface area (Å²) in [4.78, 5) is 0. The van der Waals surface area contributed by atoms with E-state index in [0.29, 0.717) is 5.11 Å². The zero-order valence-electron chi connectivity index (χ0n) is 8.09. The second kappa shape index (κ2) is 4.23. The summed E-state index contributed by atoms with van der Waals surface area (Å²) in [5.74, 6) is 0.906. The van der Waals surface area contributed by atoms with Crippen LogP contribution in [0.4, 0.5) is 5.82 Å². The lowest BCUT2D eigenvalue weighted by molar-refractivity contribution is 0.765. The van der Waals surface area contributed by atoms with E-state index in [4.69, 9.17) is 12.2 Å². The van der Waals surface area contributed by atoms with Gasteiger partial charge in [-0.25, -0.2) is 0 Å². The van der Waals surface area contributed by atoms with Crippen LogP contribution in [0, 0.1) is 6.92 Å². The molecule has 0 radical (unpaired) electrons. The molecular weight excluding hydrogens is 184 g/mol. The third kappa shape index (κ3) is 2.69. The summed E-state index contributed by atoms with van der Waals surface area (Å²) in [7, 11) is 1.88. The maximum atomic E-state index is 5.04. The van der Waals surface area contributed by atoms with Gasteiger partial charge in [0.25, 0.3) is 0 Å². The summed E-state index contributed by atoms with van der Waals surface area (Å²) in [5.41, 5.74) is 0.976. The minimum Gasteiger partial charge on any atom is -0.363 e. The zero-order valence-corrected chi connectivity index (χ0v) is 8.90. The third-order valence-electron chi connectivity index (χ3n) is 1.58. The molecule has 1 heterocycles. The fourth-order valence-electron chi connectivity index (χ4n) is 1.05. The predicted molar refractivity (Wildman–Crippen MR) is 57.8 cm³/mol. The Kier molecular flexibility index (Phi) is 3.25. The Bertz CT molecular complexity index is 305. The van der Waals surface area contributed by atoms with Crippen LogP contribution < -0.4 is 10.6 Å². The van der Waals surface area contributed by atoms with Crippen LogP contribution in [-0.2, 0) is 7.05 Å². The second-order valence-electron chi connectivity index (χ2n) is 2.78. The molecule has 2 N–H and O–H groups in total. The number of nitrogens with zero attached hydrogens (tertiary/aromatic N) is 2. The van der Waals surface area contributed by atoms with Crippen LogP contribution in [0.1, 0.15) is 12.6 Å². The van der Waals surface area contributed by atoms with Crippen molar-refractivity contribution >= 4 is 23.1 Å². The molecule has 0 atom stereocenters. The van der Waals surface area contributed by atoms with Crippen molar-refractivity contribution in [2.24, 2.45) is 7.05 Å². The van der Waals surface area contributed by atoms with Gasteiger partial charge in [-0.1, -0.05) is 0 Å². The van der Waals surface area contributed by atoms with Gasteiger partial charge in [-0.2, -0.15) is 5.10 Å². The molecule has 0 unspecified atom stereocenters. The van der Waals surface area contributed by atoms with Crippen LogP contribution in [0.3, 0.4) is 0 Å². The number of hydrogen-bond acceptors (Lipinski definition) is 2. The van der Waals surface area contributed by atoms with Gasteiger partial charge in [0.1, 0.15) is 5.82 Å². The molecule has 0 aliphatic rings. The molecule has 0 fully saturated rings. The Hall–Kier alpha value is -1.10. The van der Waals surface area contributed by atoms with Gasteiger partial charge in [0.05, 0.1) is 5.69 Å². The van der Waals surface area contributed by atoms with Crippen molar-refractivity contribution in [1.82, 2.24) is 15.1 Å². The number of rotatable bonds is 2. The molecule has 0 aliphatic heterocycles. The first-order valence-electron chi connectivity index (χ1n) is 4.19. The standard InChI is InChI=1S/C8H14N4S/c1-4-9-8(13)10-7-5-6(2)11-12(7)3/h5H,4H2,1-3H3,(H2,9,10,13). The van der Waals surface area contributed by atoms with Crippen LogP contribution >= 0.6 is 12.2 Å². The highest BCUT2D eigenvalue weighted by molar-refractivity contribution is 7.80. The number of anilines is 1. The minimum atomic E-state index is 0.630. The molecule has 1 aromatic rings. The molecule has 0 saturated heterocycles. The van der Waals surface area contributed by atoms with Crippen LogP contribution in [-0.4, -0.2) is 21.4 Å². The maximum absolute atomic E-state index is 5.04. The zero-order chi connectivity index (χ0) is 9.84. The monoisotopic (exact) mass is 198 g/mol. The first kappa shape index (κ1) is 9.98. The van der Waals surface area contributed by atoms with Crippen LogP contribution in [0.5, 0.6) is 0 Å². The largest absolute Gasteiger partial charge is 0.363 e. The number of hydrogen-bond donors (Lipinski definition) is 2. The fraction of sp³-hybridized carbons (Fsp3) is 0.500. The van der Waals surface area contributed by atoms with Crippen molar-refractivity contribution in [1.29, 1.82) is 0 Å². The lowest BCUT2D eigenvalue weighted by Gasteiger charge is -2.07. The van der Waals surface area contributed by atoms with Crippen LogP contribution in [0.15, 0.2) is 6.07 Å². The molecule has 0 bridgehead atoms. The third-order valence-corrected chi connectivity index (χ3v) is 1.83. The van der Waals surface area contributed by atoms with E-state index in [-0.39, 0.29) is 0 Å². The van der Waals surface area contributed by atoms with E-state index in [1.54, 1.807) is 4.68 Å². The number of thiocarbonyl (C=S) groups is 1. The Morgan fingerprint density at radius 3 is 2.85 bits per heavy atom. The van der Waals surface area contributed by atoms with E-state index in [1.807, 2.05) is 27.0 Å². The number of aromatic nitrogens is 2. The molecule has 72 valence electrons. The molecule has 1 rings (SSSR count). The molecule has 5 heteroatoms. The molecule has 0 spiro atoms. The van der Waals surface area contributed by atoms with Gasteiger partial charge in [-0.3, -0.25) is 4.68 Å². The van der Waals surface area contributed by atoms with Crippen molar-refractivity contribution in [2.45, 2.75) is 13.8 Å². The molecular formula is C8H14N4S. The normalized spacial score (nSPS) is 9.77. The Morgan fingerprint density at radius 1 is 1.69 bits per heavy atom. The van der Waals surface area contributed by atoms with Gasteiger partial charge in [-0.05, 0) is 26.1 Å². The minimum absolute atomic E-state index is 0.630. The molecule has 1 aromatic heterocycles. The van der Waals surface area contributed by atoms with Crippen molar-refractivity contribution in [3.63, 3.8) is 0 Å². The smallest absolute Gasteiger partial charge is 0.171 e. The highest BCUT2D eigenvalue weighted by atomic mass is 32.1. The van der Waals surface area contributed by atoms with Gasteiger partial charge < -0.3 is 10.6 Å². The SMILES string of the molecule is CCNC(=S)Nc1cc(C)nn1C. The molecule has 0 saturated carbocycles. The molecule has 4 nitrogen and oxygen atoms in total. The van der Waals surface area contributed by atoms with Gasteiger partial charge >= 0.3 is 0 Å². The van der Waals surface area contributed by atoms with Crippen molar-refractivity contribution in [2.75, 3.05) is 11.9 Å². The molecule has 0 aliphatic carbocycles. The molecule has 0 amide bonds. The number of nitrogens with one attached hydrogen (secondary N) is 2. The molecule has 0 aromatic carbocycles. The van der Waals surface area contributed by atoms with Crippen molar-refractivity contribution in [3.8, 4) is 0 Å². The average molecular weight is 198 g/mol. The van der Waals surface area contributed by atoms with E-state index in [9.17, 15) is 0 Å². The fourth-order valence-corrected chi connectivity index (χ4v) is 1.30. The number of aryl methyl sites for hydroxylation is 2. The summed E-state index contributed by atoms with van der Waals surface area (Å²) in [6, 6.07) is 1.95. The summed E-state index contributed by atoms with van der Waals surface area (Å²) in [5, 5.41) is 10.9. The Morgan fingerprint density at radius 2 is 2.38 bits per heavy atom. The quantitative estimate of drug-likeness (QED) is 0.697. The summed E-state index contributed by atoms with van der Waals surface area (Å²) < 4.78 is 1.76. The highest BCUT2D eigenvalue weighted by Gasteiger charge is 2.02. The lowest BCUT2D eigenvalue weighted by Crippen LogP contribution is -2.28. The first-order chi connectivity index (χ1) is 6.13. The van der Waals surface area contributed by atoms with Crippen LogP contribution in [0.25, 0.3) is 0 Å². The summed E-state index contributed by atoms with van der Waals surface area (Å²) in [6.45, 7) is 4.77. The topological polar surface area (TPSA) is 41.9 Å². The van der Waals surface area contributed by atoms with Crippen LogP contribution in [0.2, 0.25) is 0 Å². The van der Waals surface area contributed by atoms with E-state index < -0.39 is 0 Å². The Labute approximate surface area is 83.3 Å². The van der Waals surface area contributed by atoms with Crippen molar-refractivity contribution in [3.05, 3.63) is 11.8 Å². The second-order valence-corrected chi connectivity index (χ2v) is 3.19. The lowest BCUT2D eigenvalue weighted by atomic mass is 10.5. The summed E-state index contributed by atoms with van der Waals surface area (Å²) >= 11 is 5.04. The summed E-state index contributed by atoms with van der Waals surface area (Å²) in [6.07, 6.45) is 0.